The first-order valence-corrected chi connectivity index (χ1v) is 8.02. The van der Waals surface area contributed by atoms with Crippen LogP contribution in [0.25, 0.3) is 0 Å². The van der Waals surface area contributed by atoms with Crippen LogP contribution in [0.2, 0.25) is 0 Å². The SMILES string of the molecule is CCCc1c(NN)ncnc1N(C)C1CCC(C)(C)CC1. The molecular weight excluding hydrogens is 262 g/mol. The van der Waals surface area contributed by atoms with Crippen LogP contribution in [0.5, 0.6) is 0 Å². The predicted octanol–water partition coefficient (Wildman–Crippen LogP) is 3.12. The minimum absolute atomic E-state index is 0.485. The fourth-order valence-electron chi connectivity index (χ4n) is 3.26. The topological polar surface area (TPSA) is 67.1 Å². The van der Waals surface area contributed by atoms with E-state index >= 15 is 0 Å². The molecule has 1 aromatic rings. The molecule has 1 heterocycles. The zero-order valence-electron chi connectivity index (χ0n) is 13.8. The molecule has 3 N–H and O–H groups in total. The van der Waals surface area contributed by atoms with Crippen molar-refractivity contribution in [3.05, 3.63) is 11.9 Å². The van der Waals surface area contributed by atoms with Crippen molar-refractivity contribution < 1.29 is 0 Å². The lowest BCUT2D eigenvalue weighted by Crippen LogP contribution is -2.38. The number of nitrogen functional groups attached to an aromatic ring is 1. The summed E-state index contributed by atoms with van der Waals surface area (Å²) in [5, 5.41) is 0. The van der Waals surface area contributed by atoms with E-state index in [0.717, 1.165) is 30.0 Å². The highest BCUT2D eigenvalue weighted by molar-refractivity contribution is 5.58. The van der Waals surface area contributed by atoms with Gasteiger partial charge in [0.15, 0.2) is 0 Å². The third-order valence-corrected chi connectivity index (χ3v) is 4.75. The Morgan fingerprint density at radius 3 is 2.57 bits per heavy atom. The highest BCUT2D eigenvalue weighted by Gasteiger charge is 2.30. The quantitative estimate of drug-likeness (QED) is 0.644. The minimum Gasteiger partial charge on any atom is -0.356 e. The van der Waals surface area contributed by atoms with Gasteiger partial charge in [0.1, 0.15) is 18.0 Å². The Morgan fingerprint density at radius 1 is 1.33 bits per heavy atom. The second kappa shape index (κ2) is 6.60. The first-order valence-electron chi connectivity index (χ1n) is 8.02. The van der Waals surface area contributed by atoms with Gasteiger partial charge in [0, 0.05) is 18.7 Å². The van der Waals surface area contributed by atoms with Gasteiger partial charge in [-0.2, -0.15) is 0 Å². The zero-order chi connectivity index (χ0) is 15.5. The fourth-order valence-corrected chi connectivity index (χ4v) is 3.26. The lowest BCUT2D eigenvalue weighted by atomic mass is 9.75. The number of nitrogens with zero attached hydrogens (tertiary/aromatic N) is 3. The highest BCUT2D eigenvalue weighted by Crippen LogP contribution is 2.38. The Kier molecular flexibility index (Phi) is 5.04. The molecule has 21 heavy (non-hydrogen) atoms. The van der Waals surface area contributed by atoms with Gasteiger partial charge in [-0.05, 0) is 37.5 Å². The number of rotatable bonds is 5. The van der Waals surface area contributed by atoms with Gasteiger partial charge < -0.3 is 10.3 Å². The summed E-state index contributed by atoms with van der Waals surface area (Å²) in [5.41, 5.74) is 4.33. The summed E-state index contributed by atoms with van der Waals surface area (Å²) >= 11 is 0. The largest absolute Gasteiger partial charge is 0.356 e. The van der Waals surface area contributed by atoms with Crippen LogP contribution in [0.3, 0.4) is 0 Å². The average molecular weight is 291 g/mol. The van der Waals surface area contributed by atoms with Gasteiger partial charge in [0.25, 0.3) is 0 Å². The maximum atomic E-state index is 5.61. The van der Waals surface area contributed by atoms with Gasteiger partial charge in [-0.1, -0.05) is 27.2 Å². The summed E-state index contributed by atoms with van der Waals surface area (Å²) in [6.07, 6.45) is 8.61. The summed E-state index contributed by atoms with van der Waals surface area (Å²) in [6.45, 7) is 6.90. The molecule has 0 aliphatic heterocycles. The van der Waals surface area contributed by atoms with E-state index in [0.29, 0.717) is 11.5 Å². The number of nitrogens with two attached hydrogens (primary N) is 1. The second-order valence-electron chi connectivity index (χ2n) is 6.93. The Bertz CT molecular complexity index is 462. The van der Waals surface area contributed by atoms with E-state index in [2.05, 4.69) is 48.1 Å². The molecule has 0 unspecified atom stereocenters. The molecule has 0 saturated heterocycles. The molecular formula is C16H29N5. The number of anilines is 2. The predicted molar refractivity (Wildman–Crippen MR) is 88.3 cm³/mol. The molecule has 0 atom stereocenters. The molecule has 5 nitrogen and oxygen atoms in total. The standard InChI is InChI=1S/C16H29N5/c1-5-6-13-14(20-17)18-11-19-15(13)21(4)12-7-9-16(2,3)10-8-12/h11-12H,5-10,17H2,1-4H3,(H,18,19,20). The van der Waals surface area contributed by atoms with Gasteiger partial charge in [-0.25, -0.2) is 15.8 Å². The molecule has 2 rings (SSSR count). The van der Waals surface area contributed by atoms with Crippen LogP contribution in [-0.4, -0.2) is 23.1 Å². The van der Waals surface area contributed by atoms with Crippen LogP contribution in [0.4, 0.5) is 11.6 Å². The number of hydrogen-bond donors (Lipinski definition) is 2. The Hall–Kier alpha value is -1.36. The normalized spacial score (nSPS) is 18.5. The monoisotopic (exact) mass is 291 g/mol. The van der Waals surface area contributed by atoms with Gasteiger partial charge in [-0.3, -0.25) is 0 Å². The van der Waals surface area contributed by atoms with Crippen LogP contribution >= 0.6 is 0 Å². The smallest absolute Gasteiger partial charge is 0.148 e. The first-order chi connectivity index (χ1) is 9.98. The van der Waals surface area contributed by atoms with E-state index < -0.39 is 0 Å². The summed E-state index contributed by atoms with van der Waals surface area (Å²) < 4.78 is 0. The van der Waals surface area contributed by atoms with Crippen molar-refractivity contribution in [3.63, 3.8) is 0 Å². The maximum Gasteiger partial charge on any atom is 0.148 e. The third-order valence-electron chi connectivity index (χ3n) is 4.75. The molecule has 1 aliphatic carbocycles. The Labute approximate surface area is 128 Å². The van der Waals surface area contributed by atoms with Gasteiger partial charge in [-0.15, -0.1) is 0 Å². The van der Waals surface area contributed by atoms with E-state index in [1.54, 1.807) is 6.33 Å². The molecule has 1 aromatic heterocycles. The number of hydrazine groups is 1. The van der Waals surface area contributed by atoms with Gasteiger partial charge in [0.2, 0.25) is 0 Å². The highest BCUT2D eigenvalue weighted by atomic mass is 15.3. The van der Waals surface area contributed by atoms with Crippen LogP contribution in [0.15, 0.2) is 6.33 Å². The van der Waals surface area contributed by atoms with E-state index in [1.165, 1.54) is 25.7 Å². The lowest BCUT2D eigenvalue weighted by molar-refractivity contribution is 0.222. The molecule has 0 spiro atoms. The van der Waals surface area contributed by atoms with E-state index in [9.17, 15) is 0 Å². The van der Waals surface area contributed by atoms with Crippen LogP contribution in [-0.2, 0) is 6.42 Å². The maximum absolute atomic E-state index is 5.61. The summed E-state index contributed by atoms with van der Waals surface area (Å²) in [5.74, 6) is 7.39. The molecule has 0 radical (unpaired) electrons. The van der Waals surface area contributed by atoms with E-state index in [4.69, 9.17) is 5.84 Å². The molecule has 0 bridgehead atoms. The summed E-state index contributed by atoms with van der Waals surface area (Å²) in [4.78, 5) is 11.1. The van der Waals surface area contributed by atoms with Crippen LogP contribution in [0.1, 0.15) is 58.4 Å². The fraction of sp³-hybridized carbons (Fsp3) is 0.750. The minimum atomic E-state index is 0.485. The average Bonchev–Trinajstić information content (AvgIpc) is 2.47. The third kappa shape index (κ3) is 3.64. The first kappa shape index (κ1) is 16.0. The van der Waals surface area contributed by atoms with Crippen molar-refractivity contribution >= 4 is 11.6 Å². The van der Waals surface area contributed by atoms with Crippen molar-refractivity contribution in [3.8, 4) is 0 Å². The number of aromatic nitrogens is 2. The van der Waals surface area contributed by atoms with Gasteiger partial charge in [0.05, 0.1) is 0 Å². The van der Waals surface area contributed by atoms with Crippen molar-refractivity contribution in [1.82, 2.24) is 9.97 Å². The van der Waals surface area contributed by atoms with E-state index in [-0.39, 0.29) is 0 Å². The molecule has 1 fully saturated rings. The Balaban J connectivity index is 2.21. The Morgan fingerprint density at radius 2 is 2.00 bits per heavy atom. The van der Waals surface area contributed by atoms with Crippen molar-refractivity contribution in [2.75, 3.05) is 17.4 Å². The van der Waals surface area contributed by atoms with Crippen molar-refractivity contribution in [2.45, 2.75) is 65.3 Å². The number of nitrogens with one attached hydrogen (secondary N) is 1. The van der Waals surface area contributed by atoms with Crippen molar-refractivity contribution in [2.24, 2.45) is 11.3 Å². The molecule has 5 heteroatoms. The summed E-state index contributed by atoms with van der Waals surface area (Å²) in [7, 11) is 2.16. The second-order valence-corrected chi connectivity index (χ2v) is 6.93. The van der Waals surface area contributed by atoms with Crippen LogP contribution < -0.4 is 16.2 Å². The van der Waals surface area contributed by atoms with Gasteiger partial charge >= 0.3 is 0 Å². The van der Waals surface area contributed by atoms with Crippen molar-refractivity contribution in [1.29, 1.82) is 0 Å². The number of hydrogen-bond acceptors (Lipinski definition) is 5. The molecule has 1 aliphatic rings. The molecule has 118 valence electrons. The zero-order valence-corrected chi connectivity index (χ0v) is 13.8. The molecule has 0 amide bonds. The lowest BCUT2D eigenvalue weighted by Gasteiger charge is -2.39. The van der Waals surface area contributed by atoms with E-state index in [1.807, 2.05) is 0 Å². The summed E-state index contributed by atoms with van der Waals surface area (Å²) in [6, 6.07) is 0.564. The van der Waals surface area contributed by atoms with Crippen LogP contribution in [0, 0.1) is 5.41 Å². The molecule has 0 aromatic carbocycles. The molecule has 1 saturated carbocycles.